The number of hydrogen-bond acceptors (Lipinski definition) is 4. The number of nitrogens with one attached hydrogen (secondary N) is 1. The molecule has 3 N–H and O–H groups in total. The highest BCUT2D eigenvalue weighted by atomic mass is 15.2. The molecule has 0 aliphatic rings. The number of unbranched alkanes of at least 4 members (excludes halogenated alkanes) is 2. The lowest BCUT2D eigenvalue weighted by Gasteiger charge is -2.09. The number of rotatable bonds is 6. The van der Waals surface area contributed by atoms with Crippen molar-refractivity contribution in [3.05, 3.63) is 30.0 Å². The van der Waals surface area contributed by atoms with Gasteiger partial charge in [-0.1, -0.05) is 30.7 Å². The standard InChI is InChI=1S/C14H20N4/c1-11-12-7-3-4-8-13(12)14(18-17-11)16-10-6-2-5-9-15/h3-4,7-8H,2,5-6,9-10,15H2,1H3,(H,16,18). The first-order valence-electron chi connectivity index (χ1n) is 6.49. The van der Waals surface area contributed by atoms with Gasteiger partial charge >= 0.3 is 0 Å². The van der Waals surface area contributed by atoms with Crippen LogP contribution in [0.2, 0.25) is 0 Å². The summed E-state index contributed by atoms with van der Waals surface area (Å²) in [5.41, 5.74) is 6.44. The first-order chi connectivity index (χ1) is 8.83. The summed E-state index contributed by atoms with van der Waals surface area (Å²) < 4.78 is 0. The molecular weight excluding hydrogens is 224 g/mol. The number of anilines is 1. The second-order valence-electron chi connectivity index (χ2n) is 4.46. The lowest BCUT2D eigenvalue weighted by Crippen LogP contribution is -2.06. The van der Waals surface area contributed by atoms with E-state index in [0.717, 1.165) is 54.6 Å². The monoisotopic (exact) mass is 244 g/mol. The van der Waals surface area contributed by atoms with Crippen LogP contribution in [0.25, 0.3) is 10.8 Å². The predicted molar refractivity (Wildman–Crippen MR) is 75.7 cm³/mol. The number of aromatic nitrogens is 2. The number of hydrogen-bond donors (Lipinski definition) is 2. The number of benzene rings is 1. The number of nitrogens with zero attached hydrogens (tertiary/aromatic N) is 2. The third-order valence-corrected chi connectivity index (χ3v) is 3.05. The Hall–Kier alpha value is -1.68. The molecule has 0 aliphatic heterocycles. The van der Waals surface area contributed by atoms with Gasteiger partial charge in [0.15, 0.2) is 5.82 Å². The molecule has 1 heterocycles. The largest absolute Gasteiger partial charge is 0.368 e. The maximum atomic E-state index is 5.47. The van der Waals surface area contributed by atoms with Crippen LogP contribution in [0.1, 0.15) is 25.0 Å². The molecular formula is C14H20N4. The van der Waals surface area contributed by atoms with Gasteiger partial charge in [-0.3, -0.25) is 0 Å². The van der Waals surface area contributed by atoms with Crippen LogP contribution < -0.4 is 11.1 Å². The van der Waals surface area contributed by atoms with E-state index < -0.39 is 0 Å². The van der Waals surface area contributed by atoms with Gasteiger partial charge in [0.1, 0.15) is 0 Å². The van der Waals surface area contributed by atoms with Crippen molar-refractivity contribution in [2.75, 3.05) is 18.4 Å². The Morgan fingerprint density at radius 2 is 1.83 bits per heavy atom. The summed E-state index contributed by atoms with van der Waals surface area (Å²) in [6, 6.07) is 8.23. The molecule has 1 aromatic heterocycles. The van der Waals surface area contributed by atoms with E-state index >= 15 is 0 Å². The average Bonchev–Trinajstić information content (AvgIpc) is 2.41. The highest BCUT2D eigenvalue weighted by Crippen LogP contribution is 2.22. The molecule has 2 aromatic rings. The Labute approximate surface area is 108 Å². The summed E-state index contributed by atoms with van der Waals surface area (Å²) in [6.07, 6.45) is 3.35. The summed E-state index contributed by atoms with van der Waals surface area (Å²) in [5.74, 6) is 0.879. The van der Waals surface area contributed by atoms with E-state index in [2.05, 4.69) is 27.6 Å². The minimum Gasteiger partial charge on any atom is -0.368 e. The number of nitrogens with two attached hydrogens (primary N) is 1. The maximum absolute atomic E-state index is 5.47. The van der Waals surface area contributed by atoms with E-state index in [1.807, 2.05) is 19.1 Å². The van der Waals surface area contributed by atoms with Gasteiger partial charge in [-0.15, -0.1) is 5.10 Å². The third-order valence-electron chi connectivity index (χ3n) is 3.05. The van der Waals surface area contributed by atoms with Crippen LogP contribution in [-0.2, 0) is 0 Å². The summed E-state index contributed by atoms with van der Waals surface area (Å²) in [5, 5.41) is 14.1. The van der Waals surface area contributed by atoms with Crippen molar-refractivity contribution >= 4 is 16.6 Å². The average molecular weight is 244 g/mol. The van der Waals surface area contributed by atoms with Crippen molar-refractivity contribution in [2.45, 2.75) is 26.2 Å². The number of aryl methyl sites for hydroxylation is 1. The maximum Gasteiger partial charge on any atom is 0.156 e. The van der Waals surface area contributed by atoms with Crippen molar-refractivity contribution in [2.24, 2.45) is 5.73 Å². The van der Waals surface area contributed by atoms with E-state index in [1.165, 1.54) is 0 Å². The zero-order valence-corrected chi connectivity index (χ0v) is 10.8. The molecule has 96 valence electrons. The van der Waals surface area contributed by atoms with E-state index in [0.29, 0.717) is 0 Å². The molecule has 0 saturated heterocycles. The predicted octanol–water partition coefficient (Wildman–Crippen LogP) is 2.48. The molecule has 0 amide bonds. The fraction of sp³-hybridized carbons (Fsp3) is 0.429. The normalized spacial score (nSPS) is 10.8. The topological polar surface area (TPSA) is 63.8 Å². The molecule has 0 bridgehead atoms. The smallest absolute Gasteiger partial charge is 0.156 e. The van der Waals surface area contributed by atoms with Crippen molar-refractivity contribution in [3.63, 3.8) is 0 Å². The Bertz CT molecular complexity index is 510. The molecule has 4 nitrogen and oxygen atoms in total. The molecule has 1 aromatic carbocycles. The van der Waals surface area contributed by atoms with Crippen LogP contribution in [0.15, 0.2) is 24.3 Å². The Balaban J connectivity index is 2.07. The first-order valence-corrected chi connectivity index (χ1v) is 6.49. The molecule has 0 radical (unpaired) electrons. The highest BCUT2D eigenvalue weighted by molar-refractivity contribution is 5.92. The van der Waals surface area contributed by atoms with Crippen molar-refractivity contribution < 1.29 is 0 Å². The lowest BCUT2D eigenvalue weighted by atomic mass is 10.1. The third kappa shape index (κ3) is 2.96. The molecule has 18 heavy (non-hydrogen) atoms. The van der Waals surface area contributed by atoms with Crippen molar-refractivity contribution in [1.82, 2.24) is 10.2 Å². The molecule has 0 fully saturated rings. The van der Waals surface area contributed by atoms with Gasteiger partial charge < -0.3 is 11.1 Å². The van der Waals surface area contributed by atoms with Crippen LogP contribution in [0.3, 0.4) is 0 Å². The Morgan fingerprint density at radius 1 is 1.06 bits per heavy atom. The molecule has 0 unspecified atom stereocenters. The molecule has 0 aliphatic carbocycles. The van der Waals surface area contributed by atoms with E-state index in [4.69, 9.17) is 5.73 Å². The van der Waals surface area contributed by atoms with E-state index in [1.54, 1.807) is 0 Å². The van der Waals surface area contributed by atoms with Crippen molar-refractivity contribution in [1.29, 1.82) is 0 Å². The Morgan fingerprint density at radius 3 is 2.61 bits per heavy atom. The van der Waals surface area contributed by atoms with Crippen LogP contribution in [-0.4, -0.2) is 23.3 Å². The zero-order valence-electron chi connectivity index (χ0n) is 10.8. The fourth-order valence-electron chi connectivity index (χ4n) is 2.02. The quantitative estimate of drug-likeness (QED) is 0.766. The van der Waals surface area contributed by atoms with Crippen molar-refractivity contribution in [3.8, 4) is 0 Å². The van der Waals surface area contributed by atoms with Gasteiger partial charge in [0.2, 0.25) is 0 Å². The molecule has 0 saturated carbocycles. The van der Waals surface area contributed by atoms with Gasteiger partial charge in [-0.05, 0) is 26.3 Å². The fourth-order valence-corrected chi connectivity index (χ4v) is 2.02. The van der Waals surface area contributed by atoms with Gasteiger partial charge in [-0.2, -0.15) is 5.10 Å². The second-order valence-corrected chi connectivity index (χ2v) is 4.46. The van der Waals surface area contributed by atoms with Crippen LogP contribution in [0, 0.1) is 6.92 Å². The van der Waals surface area contributed by atoms with E-state index in [9.17, 15) is 0 Å². The summed E-state index contributed by atoms with van der Waals surface area (Å²) in [6.45, 7) is 3.68. The SMILES string of the molecule is Cc1nnc(NCCCCCN)c2ccccc12. The Kier molecular flexibility index (Phi) is 4.47. The van der Waals surface area contributed by atoms with Crippen LogP contribution >= 0.6 is 0 Å². The molecule has 0 spiro atoms. The summed E-state index contributed by atoms with van der Waals surface area (Å²) in [4.78, 5) is 0. The van der Waals surface area contributed by atoms with Gasteiger partial charge in [0.25, 0.3) is 0 Å². The minimum absolute atomic E-state index is 0.771. The zero-order chi connectivity index (χ0) is 12.8. The van der Waals surface area contributed by atoms with Crippen LogP contribution in [0.4, 0.5) is 5.82 Å². The second kappa shape index (κ2) is 6.31. The summed E-state index contributed by atoms with van der Waals surface area (Å²) in [7, 11) is 0. The molecule has 0 atom stereocenters. The first kappa shape index (κ1) is 12.8. The van der Waals surface area contributed by atoms with Crippen LogP contribution in [0.5, 0.6) is 0 Å². The minimum atomic E-state index is 0.771. The lowest BCUT2D eigenvalue weighted by molar-refractivity contribution is 0.706. The summed E-state index contributed by atoms with van der Waals surface area (Å²) >= 11 is 0. The van der Waals surface area contributed by atoms with Gasteiger partial charge in [0.05, 0.1) is 5.69 Å². The highest BCUT2D eigenvalue weighted by Gasteiger charge is 2.04. The molecule has 4 heteroatoms. The molecule has 2 rings (SSSR count). The number of fused-ring (bicyclic) bond motifs is 1. The van der Waals surface area contributed by atoms with Gasteiger partial charge in [-0.25, -0.2) is 0 Å². The van der Waals surface area contributed by atoms with E-state index in [-0.39, 0.29) is 0 Å². The van der Waals surface area contributed by atoms with Gasteiger partial charge in [0, 0.05) is 17.3 Å².